The standard InChI is InChI=1S/C11H20N2O5/c1-11(2,18)6-12(3)10(17)13-5-7(14)4-8(13)9(15)16/h7-8,14,18H,4-6H2,1-3H3,(H,15,16)/t7-,8+/m1/s1. The van der Waals surface area contributed by atoms with E-state index in [1.165, 1.54) is 11.9 Å². The maximum atomic E-state index is 12.0. The summed E-state index contributed by atoms with van der Waals surface area (Å²) < 4.78 is 0. The van der Waals surface area contributed by atoms with Crippen LogP contribution in [0, 0.1) is 0 Å². The van der Waals surface area contributed by atoms with E-state index in [9.17, 15) is 19.8 Å². The van der Waals surface area contributed by atoms with Gasteiger partial charge in [-0.05, 0) is 13.8 Å². The molecule has 0 aromatic rings. The largest absolute Gasteiger partial charge is 0.480 e. The third-order valence-electron chi connectivity index (χ3n) is 2.76. The summed E-state index contributed by atoms with van der Waals surface area (Å²) in [5, 5.41) is 28.1. The first-order chi connectivity index (χ1) is 8.11. The summed E-state index contributed by atoms with van der Waals surface area (Å²) in [6.07, 6.45) is -0.775. The molecule has 104 valence electrons. The fraction of sp³-hybridized carbons (Fsp3) is 0.818. The first kappa shape index (κ1) is 14.7. The molecule has 1 rings (SSSR count). The minimum atomic E-state index is -1.13. The molecule has 0 aromatic carbocycles. The number of urea groups is 1. The van der Waals surface area contributed by atoms with Gasteiger partial charge in [-0.1, -0.05) is 0 Å². The van der Waals surface area contributed by atoms with Gasteiger partial charge in [-0.15, -0.1) is 0 Å². The normalized spacial score (nSPS) is 24.2. The molecule has 1 heterocycles. The fourth-order valence-electron chi connectivity index (χ4n) is 2.13. The highest BCUT2D eigenvalue weighted by Crippen LogP contribution is 2.20. The average molecular weight is 260 g/mol. The molecular formula is C11H20N2O5. The SMILES string of the molecule is CN(CC(C)(C)O)C(=O)N1C[C@H](O)C[C@H]1C(=O)O. The zero-order valence-electron chi connectivity index (χ0n) is 10.8. The quantitative estimate of drug-likeness (QED) is 0.624. The maximum Gasteiger partial charge on any atom is 0.326 e. The highest BCUT2D eigenvalue weighted by molar-refractivity contribution is 5.83. The van der Waals surface area contributed by atoms with Gasteiger partial charge in [0, 0.05) is 20.0 Å². The van der Waals surface area contributed by atoms with Crippen LogP contribution in [0.1, 0.15) is 20.3 Å². The van der Waals surface area contributed by atoms with Gasteiger partial charge >= 0.3 is 12.0 Å². The van der Waals surface area contributed by atoms with E-state index >= 15 is 0 Å². The molecule has 1 aliphatic heterocycles. The number of aliphatic hydroxyl groups is 2. The van der Waals surface area contributed by atoms with Crippen LogP contribution in [0.4, 0.5) is 4.79 Å². The van der Waals surface area contributed by atoms with Gasteiger partial charge in [0.15, 0.2) is 0 Å². The van der Waals surface area contributed by atoms with Crippen LogP contribution in [0.15, 0.2) is 0 Å². The second-order valence-corrected chi connectivity index (χ2v) is 5.35. The summed E-state index contributed by atoms with van der Waals surface area (Å²) in [5.41, 5.74) is -1.05. The molecule has 0 unspecified atom stereocenters. The monoisotopic (exact) mass is 260 g/mol. The van der Waals surface area contributed by atoms with E-state index in [-0.39, 0.29) is 19.5 Å². The maximum absolute atomic E-state index is 12.0. The Labute approximate surface area is 106 Å². The van der Waals surface area contributed by atoms with Gasteiger partial charge in [-0.2, -0.15) is 0 Å². The molecule has 0 aromatic heterocycles. The molecule has 0 aliphatic carbocycles. The van der Waals surface area contributed by atoms with Crippen molar-refractivity contribution in [2.75, 3.05) is 20.1 Å². The molecule has 0 spiro atoms. The Bertz CT molecular complexity index is 339. The van der Waals surface area contributed by atoms with E-state index in [1.807, 2.05) is 0 Å². The smallest absolute Gasteiger partial charge is 0.326 e. The molecule has 1 aliphatic rings. The van der Waals surface area contributed by atoms with Crippen molar-refractivity contribution in [2.45, 2.75) is 38.0 Å². The predicted octanol–water partition coefficient (Wildman–Crippen LogP) is -0.671. The molecule has 0 bridgehead atoms. The summed E-state index contributed by atoms with van der Waals surface area (Å²) in [7, 11) is 1.49. The summed E-state index contributed by atoms with van der Waals surface area (Å²) in [6, 6.07) is -1.50. The molecule has 2 atom stereocenters. The number of carbonyl (C=O) groups is 2. The van der Waals surface area contributed by atoms with Crippen LogP contribution >= 0.6 is 0 Å². The van der Waals surface area contributed by atoms with Gasteiger partial charge in [0.25, 0.3) is 0 Å². The molecule has 7 nitrogen and oxygen atoms in total. The van der Waals surface area contributed by atoms with E-state index in [4.69, 9.17) is 5.11 Å². The third-order valence-corrected chi connectivity index (χ3v) is 2.76. The number of amides is 2. The summed E-state index contributed by atoms with van der Waals surface area (Å²) >= 11 is 0. The average Bonchev–Trinajstić information content (AvgIpc) is 2.56. The van der Waals surface area contributed by atoms with Crippen molar-refractivity contribution in [3.63, 3.8) is 0 Å². The zero-order chi connectivity index (χ0) is 14.1. The van der Waals surface area contributed by atoms with Gasteiger partial charge in [0.1, 0.15) is 6.04 Å². The molecular weight excluding hydrogens is 240 g/mol. The lowest BCUT2D eigenvalue weighted by molar-refractivity contribution is -0.141. The van der Waals surface area contributed by atoms with Gasteiger partial charge in [0.2, 0.25) is 0 Å². The number of aliphatic hydroxyl groups excluding tert-OH is 1. The number of β-amino-alcohol motifs (C(OH)–C–C–N with tert-alkyl or cyclic N) is 1. The lowest BCUT2D eigenvalue weighted by atomic mass is 10.1. The van der Waals surface area contributed by atoms with Crippen molar-refractivity contribution in [1.29, 1.82) is 0 Å². The lowest BCUT2D eigenvalue weighted by Crippen LogP contribution is -2.50. The van der Waals surface area contributed by atoms with E-state index in [1.54, 1.807) is 13.8 Å². The number of hydrogen-bond acceptors (Lipinski definition) is 4. The Balaban J connectivity index is 2.73. The Kier molecular flexibility index (Phi) is 4.18. The van der Waals surface area contributed by atoms with Gasteiger partial charge in [-0.25, -0.2) is 9.59 Å². The topological polar surface area (TPSA) is 101 Å². The van der Waals surface area contributed by atoms with Crippen molar-refractivity contribution in [1.82, 2.24) is 9.80 Å². The van der Waals surface area contributed by atoms with Gasteiger partial charge < -0.3 is 25.1 Å². The number of aliphatic carboxylic acids is 1. The molecule has 2 amide bonds. The van der Waals surface area contributed by atoms with Crippen LogP contribution in [0.25, 0.3) is 0 Å². The number of carbonyl (C=O) groups excluding carboxylic acids is 1. The summed E-state index contributed by atoms with van der Waals surface area (Å²) in [5.74, 6) is -1.13. The Morgan fingerprint density at radius 1 is 1.44 bits per heavy atom. The van der Waals surface area contributed by atoms with Crippen LogP contribution in [-0.4, -0.2) is 75.0 Å². The number of rotatable bonds is 3. The van der Waals surface area contributed by atoms with Crippen LogP contribution < -0.4 is 0 Å². The molecule has 0 saturated carbocycles. The molecule has 3 N–H and O–H groups in total. The Hall–Kier alpha value is -1.34. The van der Waals surface area contributed by atoms with Crippen molar-refractivity contribution in [3.8, 4) is 0 Å². The predicted molar refractivity (Wildman–Crippen MR) is 63.1 cm³/mol. The number of likely N-dealkylation sites (tertiary alicyclic amines) is 1. The van der Waals surface area contributed by atoms with Gasteiger partial charge in [0.05, 0.1) is 18.2 Å². The Morgan fingerprint density at radius 2 is 2.00 bits per heavy atom. The molecule has 18 heavy (non-hydrogen) atoms. The van der Waals surface area contributed by atoms with Crippen molar-refractivity contribution < 1.29 is 24.9 Å². The minimum absolute atomic E-state index is 0.00595. The molecule has 0 radical (unpaired) electrons. The number of nitrogens with zero attached hydrogens (tertiary/aromatic N) is 2. The van der Waals surface area contributed by atoms with Crippen LogP contribution in [0.5, 0.6) is 0 Å². The molecule has 1 saturated heterocycles. The highest BCUT2D eigenvalue weighted by Gasteiger charge is 2.40. The first-order valence-electron chi connectivity index (χ1n) is 5.77. The second kappa shape index (κ2) is 5.11. The van der Waals surface area contributed by atoms with Crippen molar-refractivity contribution in [2.24, 2.45) is 0 Å². The number of likely N-dealkylation sites (N-methyl/N-ethyl adjacent to an activating group) is 1. The second-order valence-electron chi connectivity index (χ2n) is 5.35. The summed E-state index contributed by atoms with van der Waals surface area (Å²) in [4.78, 5) is 25.4. The van der Waals surface area contributed by atoms with Crippen molar-refractivity contribution >= 4 is 12.0 Å². The van der Waals surface area contributed by atoms with Crippen LogP contribution in [0.3, 0.4) is 0 Å². The summed E-state index contributed by atoms with van der Waals surface area (Å²) in [6.45, 7) is 3.21. The van der Waals surface area contributed by atoms with E-state index in [0.717, 1.165) is 4.90 Å². The lowest BCUT2D eigenvalue weighted by Gasteiger charge is -2.31. The van der Waals surface area contributed by atoms with E-state index in [2.05, 4.69) is 0 Å². The van der Waals surface area contributed by atoms with Crippen molar-refractivity contribution in [3.05, 3.63) is 0 Å². The number of hydrogen-bond donors (Lipinski definition) is 3. The Morgan fingerprint density at radius 3 is 2.44 bits per heavy atom. The third kappa shape index (κ3) is 3.58. The molecule has 1 fully saturated rings. The first-order valence-corrected chi connectivity index (χ1v) is 5.77. The fourth-order valence-corrected chi connectivity index (χ4v) is 2.13. The number of carboxylic acids is 1. The highest BCUT2D eigenvalue weighted by atomic mass is 16.4. The minimum Gasteiger partial charge on any atom is -0.480 e. The zero-order valence-corrected chi connectivity index (χ0v) is 10.8. The van der Waals surface area contributed by atoms with Gasteiger partial charge in [-0.3, -0.25) is 0 Å². The number of carboxylic acid groups (broad SMARTS) is 1. The molecule has 7 heteroatoms. The van der Waals surface area contributed by atoms with Crippen LogP contribution in [0.2, 0.25) is 0 Å². The van der Waals surface area contributed by atoms with E-state index < -0.39 is 29.7 Å². The van der Waals surface area contributed by atoms with E-state index in [0.29, 0.717) is 0 Å². The van der Waals surface area contributed by atoms with Crippen LogP contribution in [-0.2, 0) is 4.79 Å².